The molecule has 0 saturated carbocycles. The molecule has 4 rings (SSSR count). The van der Waals surface area contributed by atoms with Gasteiger partial charge in [-0.25, -0.2) is 18.2 Å². The minimum absolute atomic E-state index is 0.0906. The van der Waals surface area contributed by atoms with Crippen molar-refractivity contribution in [1.29, 1.82) is 0 Å². The van der Waals surface area contributed by atoms with Crippen LogP contribution in [0.25, 0.3) is 0 Å². The third kappa shape index (κ3) is 3.79. The highest BCUT2D eigenvalue weighted by Gasteiger charge is 2.41. The quantitative estimate of drug-likeness (QED) is 0.516. The molecular formula is C18H25N7O4S. The maximum Gasteiger partial charge on any atom is 0.267 e. The highest BCUT2D eigenvalue weighted by molar-refractivity contribution is 7.89. The summed E-state index contributed by atoms with van der Waals surface area (Å²) in [6.45, 7) is 6.44. The van der Waals surface area contributed by atoms with Gasteiger partial charge in [0.15, 0.2) is 0 Å². The van der Waals surface area contributed by atoms with Gasteiger partial charge >= 0.3 is 0 Å². The lowest BCUT2D eigenvalue weighted by molar-refractivity contribution is 0.0716. The van der Waals surface area contributed by atoms with Crippen LogP contribution in [0.3, 0.4) is 0 Å². The summed E-state index contributed by atoms with van der Waals surface area (Å²) in [6.07, 6.45) is 3.48. The van der Waals surface area contributed by atoms with Gasteiger partial charge in [-0.2, -0.15) is 5.10 Å². The highest BCUT2D eigenvalue weighted by Crippen LogP contribution is 2.35. The van der Waals surface area contributed by atoms with Crippen molar-refractivity contribution in [3.63, 3.8) is 0 Å². The van der Waals surface area contributed by atoms with Crippen LogP contribution in [0.15, 0.2) is 23.4 Å². The first-order chi connectivity index (χ1) is 14.0. The maximum absolute atomic E-state index is 13.2. The zero-order chi connectivity index (χ0) is 21.7. The Kier molecular flexibility index (Phi) is 4.85. The molecule has 0 aromatic carbocycles. The number of hydrogen-bond acceptors (Lipinski definition) is 6. The highest BCUT2D eigenvalue weighted by atomic mass is 32.2. The number of likely N-dealkylation sites (tertiary alicyclic amines) is 1. The molecule has 2 aromatic rings. The normalized spacial score (nSPS) is 20.1. The number of nitrogens with two attached hydrogens (primary N) is 1. The first kappa shape index (κ1) is 20.4. The first-order valence-electron chi connectivity index (χ1n) is 9.65. The SMILES string of the molecule is CC1(C)C[C@@H](CNC(=O)c2cc(S(N)(=O)=O)c[nH]2)N(C(=O)c2cnn3c2NCC3)C1. The van der Waals surface area contributed by atoms with Crippen LogP contribution < -0.4 is 15.8 Å². The number of rotatable bonds is 5. The van der Waals surface area contributed by atoms with E-state index >= 15 is 0 Å². The van der Waals surface area contributed by atoms with E-state index < -0.39 is 15.9 Å². The van der Waals surface area contributed by atoms with Crippen molar-refractivity contribution in [2.75, 3.05) is 25.0 Å². The number of aromatic nitrogens is 3. The summed E-state index contributed by atoms with van der Waals surface area (Å²) in [4.78, 5) is 29.9. The van der Waals surface area contributed by atoms with E-state index in [0.29, 0.717) is 12.1 Å². The molecule has 0 spiro atoms. The molecule has 1 saturated heterocycles. The molecule has 2 aliphatic heterocycles. The van der Waals surface area contributed by atoms with Crippen molar-refractivity contribution in [3.8, 4) is 0 Å². The summed E-state index contributed by atoms with van der Waals surface area (Å²) >= 11 is 0. The number of primary sulfonamides is 1. The van der Waals surface area contributed by atoms with Crippen molar-refractivity contribution in [1.82, 2.24) is 25.0 Å². The van der Waals surface area contributed by atoms with Crippen molar-refractivity contribution in [3.05, 3.63) is 29.7 Å². The molecule has 2 aliphatic rings. The molecule has 162 valence electrons. The number of sulfonamides is 1. The average Bonchev–Trinajstić information content (AvgIpc) is 3.40. The van der Waals surface area contributed by atoms with Crippen LogP contribution in [0.5, 0.6) is 0 Å². The molecule has 0 aliphatic carbocycles. The first-order valence-corrected chi connectivity index (χ1v) is 11.2. The lowest BCUT2D eigenvalue weighted by Crippen LogP contribution is -2.43. The molecule has 2 aromatic heterocycles. The van der Waals surface area contributed by atoms with Gasteiger partial charge in [-0.1, -0.05) is 13.8 Å². The monoisotopic (exact) mass is 435 g/mol. The van der Waals surface area contributed by atoms with E-state index in [2.05, 4.69) is 34.6 Å². The van der Waals surface area contributed by atoms with Crippen LogP contribution in [0, 0.1) is 5.41 Å². The lowest BCUT2D eigenvalue weighted by atomic mass is 9.91. The van der Waals surface area contributed by atoms with Crippen LogP contribution in [0.1, 0.15) is 41.1 Å². The van der Waals surface area contributed by atoms with E-state index in [9.17, 15) is 18.0 Å². The van der Waals surface area contributed by atoms with Crippen molar-refractivity contribution in [2.24, 2.45) is 10.6 Å². The number of nitrogens with one attached hydrogen (secondary N) is 3. The van der Waals surface area contributed by atoms with Gasteiger partial charge in [-0.3, -0.25) is 9.59 Å². The van der Waals surface area contributed by atoms with E-state index in [0.717, 1.165) is 25.3 Å². The van der Waals surface area contributed by atoms with Crippen LogP contribution in [0.2, 0.25) is 0 Å². The smallest absolute Gasteiger partial charge is 0.267 e. The maximum atomic E-state index is 13.2. The minimum Gasteiger partial charge on any atom is -0.368 e. The van der Waals surface area contributed by atoms with Gasteiger partial charge in [-0.15, -0.1) is 0 Å². The largest absolute Gasteiger partial charge is 0.368 e. The molecule has 2 amide bonds. The predicted octanol–water partition coefficient (Wildman–Crippen LogP) is -0.0452. The summed E-state index contributed by atoms with van der Waals surface area (Å²) in [5, 5.41) is 15.3. The molecule has 1 atom stereocenters. The van der Waals surface area contributed by atoms with Gasteiger partial charge in [0.2, 0.25) is 10.0 Å². The van der Waals surface area contributed by atoms with Gasteiger partial charge < -0.3 is 20.5 Å². The van der Waals surface area contributed by atoms with E-state index in [1.54, 1.807) is 15.8 Å². The van der Waals surface area contributed by atoms with E-state index in [-0.39, 0.29) is 34.5 Å². The van der Waals surface area contributed by atoms with Gasteiger partial charge in [0, 0.05) is 31.9 Å². The van der Waals surface area contributed by atoms with Crippen LogP contribution in [0.4, 0.5) is 5.82 Å². The Morgan fingerprint density at radius 3 is 2.87 bits per heavy atom. The van der Waals surface area contributed by atoms with E-state index in [1.807, 2.05) is 0 Å². The molecule has 1 fully saturated rings. The van der Waals surface area contributed by atoms with Gasteiger partial charge in [0.1, 0.15) is 17.1 Å². The number of aromatic amines is 1. The number of carbonyl (C=O) groups is 2. The Bertz CT molecular complexity index is 1100. The third-order valence-corrected chi connectivity index (χ3v) is 6.39. The number of H-pyrrole nitrogens is 1. The molecular weight excluding hydrogens is 410 g/mol. The fourth-order valence-electron chi connectivity index (χ4n) is 4.13. The standard InChI is InChI=1S/C18H25N7O4S/c1-18(2)6-11(7-22-16(26)14-5-12(8-21-14)30(19,28)29)24(10-18)17(27)13-9-23-25-4-3-20-15(13)25/h5,8-9,11,20-21H,3-4,6-7,10H2,1-2H3,(H,22,26)(H2,19,28,29)/t11-/m0/s1. The molecule has 12 heteroatoms. The Morgan fingerprint density at radius 2 is 2.17 bits per heavy atom. The molecule has 0 unspecified atom stereocenters. The Hall–Kier alpha value is -2.86. The summed E-state index contributed by atoms with van der Waals surface area (Å²) in [5.74, 6) is 0.149. The number of fused-ring (bicyclic) bond motifs is 1. The topological polar surface area (TPSA) is 155 Å². The van der Waals surface area contributed by atoms with Crippen molar-refractivity contribution < 1.29 is 18.0 Å². The number of amides is 2. The number of hydrogen-bond donors (Lipinski definition) is 4. The van der Waals surface area contributed by atoms with E-state index in [4.69, 9.17) is 5.14 Å². The zero-order valence-electron chi connectivity index (χ0n) is 16.8. The van der Waals surface area contributed by atoms with E-state index in [1.165, 1.54) is 12.3 Å². The number of carbonyl (C=O) groups excluding carboxylic acids is 2. The Morgan fingerprint density at radius 1 is 1.40 bits per heavy atom. The van der Waals surface area contributed by atoms with Gasteiger partial charge in [0.05, 0.1) is 17.6 Å². The average molecular weight is 436 g/mol. The fraction of sp³-hybridized carbons (Fsp3) is 0.500. The number of anilines is 1. The zero-order valence-corrected chi connectivity index (χ0v) is 17.6. The summed E-state index contributed by atoms with van der Waals surface area (Å²) in [7, 11) is -3.89. The summed E-state index contributed by atoms with van der Waals surface area (Å²) in [5.41, 5.74) is 0.527. The Balaban J connectivity index is 1.47. The molecule has 4 heterocycles. The molecule has 11 nitrogen and oxygen atoms in total. The Labute approximate surface area is 174 Å². The molecule has 30 heavy (non-hydrogen) atoms. The lowest BCUT2D eigenvalue weighted by Gasteiger charge is -2.25. The van der Waals surface area contributed by atoms with Gasteiger partial charge in [-0.05, 0) is 17.9 Å². The second-order valence-corrected chi connectivity index (χ2v) is 10.1. The van der Waals surface area contributed by atoms with Crippen molar-refractivity contribution in [2.45, 2.75) is 37.8 Å². The van der Waals surface area contributed by atoms with Crippen LogP contribution in [-0.2, 0) is 16.6 Å². The predicted molar refractivity (Wildman–Crippen MR) is 108 cm³/mol. The van der Waals surface area contributed by atoms with Crippen LogP contribution in [-0.4, -0.2) is 65.6 Å². The van der Waals surface area contributed by atoms with Crippen LogP contribution >= 0.6 is 0 Å². The number of nitrogens with zero attached hydrogens (tertiary/aromatic N) is 3. The molecule has 5 N–H and O–H groups in total. The fourth-order valence-corrected chi connectivity index (χ4v) is 4.64. The summed E-state index contributed by atoms with van der Waals surface area (Å²) in [6, 6.07) is 0.995. The second-order valence-electron chi connectivity index (χ2n) is 8.52. The van der Waals surface area contributed by atoms with Crippen molar-refractivity contribution >= 4 is 27.7 Å². The third-order valence-electron chi connectivity index (χ3n) is 5.50. The summed E-state index contributed by atoms with van der Waals surface area (Å²) < 4.78 is 24.6. The molecule has 0 radical (unpaired) electrons. The van der Waals surface area contributed by atoms with Gasteiger partial charge in [0.25, 0.3) is 11.8 Å². The minimum atomic E-state index is -3.89. The second kappa shape index (κ2) is 7.13. The molecule has 0 bridgehead atoms.